The maximum Gasteiger partial charge on any atom is 0.261 e. The number of hydrogen-bond donors (Lipinski definition) is 0. The predicted molar refractivity (Wildman–Crippen MR) is 112 cm³/mol. The number of fused-ring (bicyclic) bond motifs is 1. The van der Waals surface area contributed by atoms with E-state index in [0.29, 0.717) is 13.6 Å². The molecule has 0 spiro atoms. The molecule has 0 unspecified atom stereocenters. The van der Waals surface area contributed by atoms with Gasteiger partial charge in [0.2, 0.25) is 0 Å². The lowest BCUT2D eigenvalue weighted by Gasteiger charge is -2.44. The van der Waals surface area contributed by atoms with Gasteiger partial charge in [-0.15, -0.1) is 0 Å². The molecule has 1 saturated carbocycles. The first-order valence-corrected chi connectivity index (χ1v) is 12.0. The summed E-state index contributed by atoms with van der Waals surface area (Å²) in [7, 11) is -2.53. The van der Waals surface area contributed by atoms with Gasteiger partial charge in [0.15, 0.2) is 0 Å². The minimum Gasteiger partial charge on any atom is -0.404 e. The first-order chi connectivity index (χ1) is 13.5. The van der Waals surface area contributed by atoms with Gasteiger partial charge in [0.25, 0.3) is 8.32 Å². The van der Waals surface area contributed by atoms with Crippen LogP contribution in [0.2, 0.25) is 5.04 Å². The maximum atomic E-state index is 7.21. The summed E-state index contributed by atoms with van der Waals surface area (Å²) in [5, 5.41) is 2.60. The van der Waals surface area contributed by atoms with Gasteiger partial charge >= 0.3 is 0 Å². The Kier molecular flexibility index (Phi) is 5.72. The van der Waals surface area contributed by atoms with E-state index in [2.05, 4.69) is 81.4 Å². The van der Waals surface area contributed by atoms with Crippen LogP contribution in [0, 0.1) is 0 Å². The Morgan fingerprint density at radius 1 is 0.786 bits per heavy atom. The van der Waals surface area contributed by atoms with E-state index >= 15 is 0 Å². The van der Waals surface area contributed by atoms with Crippen molar-refractivity contribution < 1.29 is 18.6 Å². The van der Waals surface area contributed by atoms with E-state index in [1.807, 2.05) is 0 Å². The molecule has 3 atom stereocenters. The van der Waals surface area contributed by atoms with Crippen LogP contribution >= 0.6 is 0 Å². The number of hydrogen-bond acceptors (Lipinski definition) is 4. The van der Waals surface area contributed by atoms with Gasteiger partial charge in [-0.05, 0) is 15.4 Å². The van der Waals surface area contributed by atoms with Crippen molar-refractivity contribution in [3.63, 3.8) is 0 Å². The Hall–Kier alpha value is -1.50. The van der Waals surface area contributed by atoms with E-state index in [4.69, 9.17) is 18.6 Å². The van der Waals surface area contributed by atoms with E-state index in [-0.39, 0.29) is 23.4 Å². The molecule has 2 fully saturated rings. The van der Waals surface area contributed by atoms with Crippen LogP contribution in [0.25, 0.3) is 0 Å². The van der Waals surface area contributed by atoms with Crippen LogP contribution in [0.3, 0.4) is 0 Å². The molecule has 4 nitrogen and oxygen atoms in total. The zero-order valence-corrected chi connectivity index (χ0v) is 18.0. The molecule has 1 saturated heterocycles. The lowest BCUT2D eigenvalue weighted by molar-refractivity contribution is -0.0955. The molecule has 1 aliphatic carbocycles. The van der Waals surface area contributed by atoms with E-state index in [0.717, 1.165) is 12.8 Å². The standard InChI is InChI=1S/C23H30O4Si/c1-23(2,3)28(19-10-6-4-7-11-19,20-12-8-5-9-13-20)27-18-14-21-22(15-18)26-17-24-16-25-21/h4-13,18,21-22H,14-17H2,1-3H3/t18-,21+,22-. The summed E-state index contributed by atoms with van der Waals surface area (Å²) >= 11 is 0. The highest BCUT2D eigenvalue weighted by atomic mass is 28.4. The van der Waals surface area contributed by atoms with Crippen LogP contribution in [0.4, 0.5) is 0 Å². The van der Waals surface area contributed by atoms with Crippen molar-refractivity contribution in [2.45, 2.75) is 57.0 Å². The van der Waals surface area contributed by atoms with E-state index in [9.17, 15) is 0 Å². The summed E-state index contributed by atoms with van der Waals surface area (Å²) in [6.45, 7) is 7.54. The first-order valence-electron chi connectivity index (χ1n) is 10.1. The third kappa shape index (κ3) is 3.70. The molecule has 150 valence electrons. The van der Waals surface area contributed by atoms with Gasteiger partial charge in [-0.25, -0.2) is 0 Å². The average Bonchev–Trinajstić information content (AvgIpc) is 2.95. The van der Waals surface area contributed by atoms with Crippen LogP contribution < -0.4 is 10.4 Å². The second kappa shape index (κ2) is 8.09. The van der Waals surface area contributed by atoms with E-state index in [1.165, 1.54) is 10.4 Å². The van der Waals surface area contributed by atoms with Gasteiger partial charge in [0, 0.05) is 12.8 Å². The van der Waals surface area contributed by atoms with Gasteiger partial charge in [-0.2, -0.15) is 0 Å². The number of rotatable bonds is 4. The monoisotopic (exact) mass is 398 g/mol. The molecule has 0 N–H and O–H groups in total. The molecule has 0 amide bonds. The third-order valence-electron chi connectivity index (χ3n) is 5.90. The van der Waals surface area contributed by atoms with Crippen LogP contribution in [0.1, 0.15) is 33.6 Å². The molecule has 1 heterocycles. The molecule has 2 aromatic rings. The lowest BCUT2D eigenvalue weighted by Crippen LogP contribution is -2.67. The van der Waals surface area contributed by atoms with E-state index in [1.54, 1.807) is 0 Å². The van der Waals surface area contributed by atoms with E-state index < -0.39 is 8.32 Å². The van der Waals surface area contributed by atoms with Crippen LogP contribution in [0.5, 0.6) is 0 Å². The highest BCUT2D eigenvalue weighted by Gasteiger charge is 2.53. The van der Waals surface area contributed by atoms with Crippen LogP contribution in [0.15, 0.2) is 60.7 Å². The highest BCUT2D eigenvalue weighted by Crippen LogP contribution is 2.40. The van der Waals surface area contributed by atoms with Gasteiger partial charge < -0.3 is 18.6 Å². The first kappa shape index (κ1) is 19.8. The van der Waals surface area contributed by atoms with Gasteiger partial charge in [0.1, 0.15) is 13.6 Å². The highest BCUT2D eigenvalue weighted by molar-refractivity contribution is 6.99. The summed E-state index contributed by atoms with van der Waals surface area (Å²) in [4.78, 5) is 0. The molecule has 5 heteroatoms. The molecule has 28 heavy (non-hydrogen) atoms. The second-order valence-electron chi connectivity index (χ2n) is 8.72. The van der Waals surface area contributed by atoms with Crippen molar-refractivity contribution in [1.82, 2.24) is 0 Å². The van der Waals surface area contributed by atoms with Crippen molar-refractivity contribution in [3.05, 3.63) is 60.7 Å². The largest absolute Gasteiger partial charge is 0.404 e. The lowest BCUT2D eigenvalue weighted by atomic mass is 10.2. The summed E-state index contributed by atoms with van der Waals surface area (Å²) in [5.74, 6) is 0. The number of ether oxygens (including phenoxy) is 3. The fraction of sp³-hybridized carbons (Fsp3) is 0.478. The Morgan fingerprint density at radius 2 is 1.25 bits per heavy atom. The average molecular weight is 399 g/mol. The molecule has 0 bridgehead atoms. The Morgan fingerprint density at radius 3 is 1.68 bits per heavy atom. The fourth-order valence-electron chi connectivity index (χ4n) is 4.61. The predicted octanol–water partition coefficient (Wildman–Crippen LogP) is 3.44. The summed E-state index contributed by atoms with van der Waals surface area (Å²) in [6, 6.07) is 21.6. The van der Waals surface area contributed by atoms with Crippen molar-refractivity contribution in [1.29, 1.82) is 0 Å². The van der Waals surface area contributed by atoms with Gasteiger partial charge in [-0.1, -0.05) is 81.4 Å². The molecule has 2 aromatic carbocycles. The van der Waals surface area contributed by atoms with Crippen LogP contribution in [-0.2, 0) is 18.6 Å². The second-order valence-corrected chi connectivity index (χ2v) is 13.0. The Bertz CT molecular complexity index is 706. The van der Waals surface area contributed by atoms with Crippen molar-refractivity contribution in [2.24, 2.45) is 0 Å². The molecule has 0 aromatic heterocycles. The molecule has 0 radical (unpaired) electrons. The zero-order valence-electron chi connectivity index (χ0n) is 17.0. The normalized spacial score (nSPS) is 25.9. The molecule has 4 rings (SSSR count). The fourth-order valence-corrected chi connectivity index (χ4v) is 9.32. The zero-order chi connectivity index (χ0) is 19.6. The molecule has 2 aliphatic rings. The maximum absolute atomic E-state index is 7.21. The number of benzene rings is 2. The third-order valence-corrected chi connectivity index (χ3v) is 11.0. The van der Waals surface area contributed by atoms with Crippen LogP contribution in [-0.4, -0.2) is 40.2 Å². The van der Waals surface area contributed by atoms with Crippen molar-refractivity contribution >= 4 is 18.7 Å². The topological polar surface area (TPSA) is 36.9 Å². The SMILES string of the molecule is CC(C)(C)[Si](O[C@@H]1C[C@@H]2OCOCO[C@@H]2C1)(c1ccccc1)c1ccccc1. The van der Waals surface area contributed by atoms with Crippen molar-refractivity contribution in [3.8, 4) is 0 Å². The minimum absolute atomic E-state index is 0.0226. The van der Waals surface area contributed by atoms with Crippen molar-refractivity contribution in [2.75, 3.05) is 13.6 Å². The Balaban J connectivity index is 1.73. The summed E-state index contributed by atoms with van der Waals surface area (Å²) < 4.78 is 24.2. The summed E-state index contributed by atoms with van der Waals surface area (Å²) in [6.07, 6.45) is 1.90. The molecular weight excluding hydrogens is 368 g/mol. The Labute approximate surface area is 168 Å². The quantitative estimate of drug-likeness (QED) is 0.740. The summed E-state index contributed by atoms with van der Waals surface area (Å²) in [5.41, 5.74) is 0. The van der Waals surface area contributed by atoms with Gasteiger partial charge in [0.05, 0.1) is 18.3 Å². The molecule has 1 aliphatic heterocycles. The smallest absolute Gasteiger partial charge is 0.261 e. The molecular formula is C23H30O4Si. The van der Waals surface area contributed by atoms with Gasteiger partial charge in [-0.3, -0.25) is 0 Å². The minimum atomic E-state index is -2.53.